The molecule has 124 valence electrons. The highest BCUT2D eigenvalue weighted by atomic mass is 32.1. The first-order valence-electron chi connectivity index (χ1n) is 7.43. The molecular formula is C18H18N2O3S. The van der Waals surface area contributed by atoms with E-state index in [9.17, 15) is 4.79 Å². The van der Waals surface area contributed by atoms with E-state index in [2.05, 4.69) is 16.4 Å². The molecule has 0 bridgehead atoms. The molecule has 0 aliphatic heterocycles. The molecule has 0 aliphatic carbocycles. The Balaban J connectivity index is 1.90. The summed E-state index contributed by atoms with van der Waals surface area (Å²) >= 11 is 1.48. The molecule has 1 amide bonds. The largest absolute Gasteiger partial charge is 0.493 e. The minimum Gasteiger partial charge on any atom is -0.493 e. The molecular weight excluding hydrogens is 324 g/mol. The summed E-state index contributed by atoms with van der Waals surface area (Å²) in [6.07, 6.45) is 0. The maximum atomic E-state index is 12.5. The van der Waals surface area contributed by atoms with Crippen molar-refractivity contribution in [2.24, 2.45) is 0 Å². The first-order valence-corrected chi connectivity index (χ1v) is 8.25. The maximum absolute atomic E-state index is 12.5. The maximum Gasteiger partial charge on any atom is 0.257 e. The fourth-order valence-electron chi connectivity index (χ4n) is 2.46. The summed E-state index contributed by atoms with van der Waals surface area (Å²) < 4.78 is 11.5. The third kappa shape index (κ3) is 2.92. The summed E-state index contributed by atoms with van der Waals surface area (Å²) in [5.41, 5.74) is 3.67. The molecule has 0 radical (unpaired) electrons. The Kier molecular flexibility index (Phi) is 4.40. The normalized spacial score (nSPS) is 10.7. The zero-order valence-electron chi connectivity index (χ0n) is 14.0. The van der Waals surface area contributed by atoms with E-state index in [0.29, 0.717) is 22.2 Å². The standard InChI is InChI=1S/C18H18N2O3S/c1-10-5-6-11(2)16-15(10)19-18(24-16)20-17(21)12-7-8-13(22-3)14(9-12)23-4/h5-9H,1-4H3,(H,19,20,21). The number of thiazole rings is 1. The number of amides is 1. The van der Waals surface area contributed by atoms with Gasteiger partial charge in [0.15, 0.2) is 16.6 Å². The second-order valence-corrected chi connectivity index (χ2v) is 6.42. The van der Waals surface area contributed by atoms with E-state index in [-0.39, 0.29) is 5.91 Å². The molecule has 3 rings (SSSR count). The van der Waals surface area contributed by atoms with Crippen molar-refractivity contribution in [3.05, 3.63) is 47.0 Å². The molecule has 1 N–H and O–H groups in total. The van der Waals surface area contributed by atoms with Crippen LogP contribution in [0.25, 0.3) is 10.2 Å². The Morgan fingerprint density at radius 3 is 2.42 bits per heavy atom. The molecule has 0 atom stereocenters. The average molecular weight is 342 g/mol. The second kappa shape index (κ2) is 6.49. The molecule has 1 aromatic heterocycles. The van der Waals surface area contributed by atoms with Crippen LogP contribution in [0, 0.1) is 13.8 Å². The Bertz CT molecular complexity index is 879. The molecule has 5 nitrogen and oxygen atoms in total. The van der Waals surface area contributed by atoms with E-state index >= 15 is 0 Å². The quantitative estimate of drug-likeness (QED) is 0.772. The number of aryl methyl sites for hydroxylation is 2. The number of hydrogen-bond donors (Lipinski definition) is 1. The van der Waals surface area contributed by atoms with Crippen molar-refractivity contribution >= 4 is 32.6 Å². The third-order valence-electron chi connectivity index (χ3n) is 3.81. The SMILES string of the molecule is COc1ccc(C(=O)Nc2nc3c(C)ccc(C)c3s2)cc1OC. The van der Waals surface area contributed by atoms with Gasteiger partial charge < -0.3 is 9.47 Å². The summed E-state index contributed by atoms with van der Waals surface area (Å²) in [5, 5.41) is 3.45. The molecule has 2 aromatic carbocycles. The van der Waals surface area contributed by atoms with Crippen LogP contribution in [0.2, 0.25) is 0 Å². The van der Waals surface area contributed by atoms with E-state index in [1.165, 1.54) is 11.3 Å². The number of ether oxygens (including phenoxy) is 2. The monoisotopic (exact) mass is 342 g/mol. The molecule has 0 unspecified atom stereocenters. The van der Waals surface area contributed by atoms with Crippen LogP contribution >= 0.6 is 11.3 Å². The van der Waals surface area contributed by atoms with E-state index < -0.39 is 0 Å². The van der Waals surface area contributed by atoms with Gasteiger partial charge >= 0.3 is 0 Å². The molecule has 0 saturated heterocycles. The summed E-state index contributed by atoms with van der Waals surface area (Å²) in [4.78, 5) is 17.0. The molecule has 0 fully saturated rings. The molecule has 24 heavy (non-hydrogen) atoms. The number of carbonyl (C=O) groups is 1. The van der Waals surface area contributed by atoms with Gasteiger partial charge in [-0.1, -0.05) is 23.5 Å². The number of aromatic nitrogens is 1. The van der Waals surface area contributed by atoms with Crippen molar-refractivity contribution < 1.29 is 14.3 Å². The predicted molar refractivity (Wildman–Crippen MR) is 96.6 cm³/mol. The van der Waals surface area contributed by atoms with Gasteiger partial charge in [-0.15, -0.1) is 0 Å². The van der Waals surface area contributed by atoms with Crippen molar-refractivity contribution in [3.8, 4) is 11.5 Å². The minimum atomic E-state index is -0.231. The summed E-state index contributed by atoms with van der Waals surface area (Å²) in [7, 11) is 3.10. The van der Waals surface area contributed by atoms with Crippen LogP contribution in [0.15, 0.2) is 30.3 Å². The summed E-state index contributed by atoms with van der Waals surface area (Å²) in [6, 6.07) is 9.16. The van der Waals surface area contributed by atoms with Crippen molar-refractivity contribution in [2.75, 3.05) is 19.5 Å². The zero-order chi connectivity index (χ0) is 17.3. The van der Waals surface area contributed by atoms with E-state index in [0.717, 1.165) is 21.3 Å². The first-order chi connectivity index (χ1) is 11.5. The van der Waals surface area contributed by atoms with Crippen molar-refractivity contribution in [2.45, 2.75) is 13.8 Å². The molecule has 0 spiro atoms. The lowest BCUT2D eigenvalue weighted by Gasteiger charge is -2.09. The molecule has 1 heterocycles. The van der Waals surface area contributed by atoms with Gasteiger partial charge in [0.2, 0.25) is 0 Å². The number of anilines is 1. The lowest BCUT2D eigenvalue weighted by atomic mass is 10.1. The third-order valence-corrected chi connectivity index (χ3v) is 4.91. The number of methoxy groups -OCH3 is 2. The smallest absolute Gasteiger partial charge is 0.257 e. The zero-order valence-corrected chi connectivity index (χ0v) is 14.8. The van der Waals surface area contributed by atoms with Gasteiger partial charge in [-0.2, -0.15) is 0 Å². The number of nitrogens with zero attached hydrogens (tertiary/aromatic N) is 1. The highest BCUT2D eigenvalue weighted by Gasteiger charge is 2.14. The van der Waals surface area contributed by atoms with Crippen molar-refractivity contribution in [1.82, 2.24) is 4.98 Å². The Morgan fingerprint density at radius 2 is 1.75 bits per heavy atom. The van der Waals surface area contributed by atoms with Crippen LogP contribution in [0.4, 0.5) is 5.13 Å². The van der Waals surface area contributed by atoms with Crippen LogP contribution in [-0.2, 0) is 0 Å². The van der Waals surface area contributed by atoms with Crippen LogP contribution < -0.4 is 14.8 Å². The number of fused-ring (bicyclic) bond motifs is 1. The van der Waals surface area contributed by atoms with Gasteiger partial charge in [0.1, 0.15) is 0 Å². The van der Waals surface area contributed by atoms with Gasteiger partial charge in [-0.25, -0.2) is 4.98 Å². The number of benzene rings is 2. The van der Waals surface area contributed by atoms with Gasteiger partial charge in [0.25, 0.3) is 5.91 Å². The van der Waals surface area contributed by atoms with E-state index in [4.69, 9.17) is 9.47 Å². The van der Waals surface area contributed by atoms with Crippen molar-refractivity contribution in [1.29, 1.82) is 0 Å². The average Bonchev–Trinajstić information content (AvgIpc) is 3.02. The van der Waals surface area contributed by atoms with Crippen LogP contribution in [0.1, 0.15) is 21.5 Å². The number of rotatable bonds is 4. The van der Waals surface area contributed by atoms with Crippen LogP contribution in [0.5, 0.6) is 11.5 Å². The number of nitrogens with one attached hydrogen (secondary N) is 1. The van der Waals surface area contributed by atoms with Gasteiger partial charge in [0, 0.05) is 5.56 Å². The Labute approximate surface area is 144 Å². The lowest BCUT2D eigenvalue weighted by Crippen LogP contribution is -2.11. The Hall–Kier alpha value is -2.60. The molecule has 0 aliphatic rings. The lowest BCUT2D eigenvalue weighted by molar-refractivity contribution is 0.102. The van der Waals surface area contributed by atoms with Crippen LogP contribution in [-0.4, -0.2) is 25.1 Å². The fourth-order valence-corrected chi connectivity index (χ4v) is 3.47. The highest BCUT2D eigenvalue weighted by Crippen LogP contribution is 2.32. The Morgan fingerprint density at radius 1 is 1.04 bits per heavy atom. The van der Waals surface area contributed by atoms with Crippen LogP contribution in [0.3, 0.4) is 0 Å². The summed E-state index contributed by atoms with van der Waals surface area (Å²) in [5.74, 6) is 0.867. The van der Waals surface area contributed by atoms with Gasteiger partial charge in [0.05, 0.1) is 24.4 Å². The molecule has 3 aromatic rings. The molecule has 6 heteroatoms. The van der Waals surface area contributed by atoms with Gasteiger partial charge in [-0.3, -0.25) is 10.1 Å². The molecule has 0 saturated carbocycles. The number of carbonyl (C=O) groups excluding carboxylic acids is 1. The second-order valence-electron chi connectivity index (χ2n) is 5.42. The topological polar surface area (TPSA) is 60.5 Å². The van der Waals surface area contributed by atoms with E-state index in [1.807, 2.05) is 19.9 Å². The number of hydrogen-bond acceptors (Lipinski definition) is 5. The van der Waals surface area contributed by atoms with Crippen molar-refractivity contribution in [3.63, 3.8) is 0 Å². The highest BCUT2D eigenvalue weighted by molar-refractivity contribution is 7.22. The summed E-state index contributed by atoms with van der Waals surface area (Å²) in [6.45, 7) is 4.06. The fraction of sp³-hybridized carbons (Fsp3) is 0.222. The minimum absolute atomic E-state index is 0.231. The first kappa shape index (κ1) is 16.3. The van der Waals surface area contributed by atoms with E-state index in [1.54, 1.807) is 32.4 Å². The van der Waals surface area contributed by atoms with Gasteiger partial charge in [-0.05, 0) is 43.2 Å². The predicted octanol–water partition coefficient (Wildman–Crippen LogP) is 4.18.